The molecule has 0 unspecified atom stereocenters. The van der Waals surface area contributed by atoms with E-state index in [9.17, 15) is 9.59 Å². The third kappa shape index (κ3) is 8.49. The molecule has 0 aromatic carbocycles. The number of likely N-dealkylation sites (tertiary alicyclic amines) is 1. The Morgan fingerprint density at radius 3 is 2.55 bits per heavy atom. The van der Waals surface area contributed by atoms with Crippen molar-refractivity contribution in [2.45, 2.75) is 64.5 Å². The number of aromatic nitrogens is 1. The molecule has 3 N–H and O–H groups in total. The van der Waals surface area contributed by atoms with E-state index in [1.54, 1.807) is 18.3 Å². The molecular formula is C20H32N4O4S. The lowest BCUT2D eigenvalue weighted by atomic mass is 10.1. The van der Waals surface area contributed by atoms with Crippen LogP contribution in [-0.2, 0) is 20.8 Å². The number of thiazole rings is 1. The first kappa shape index (κ1) is 23.3. The molecule has 2 heterocycles. The molecule has 2 aliphatic rings. The SMILES string of the molecule is CC(=O)NC[C@H]1CC[C@@H](CC(=O)NCCc2nc(C)cs2)N1CC1CC1.O=CO. The molecular weight excluding hydrogens is 392 g/mol. The molecule has 1 saturated heterocycles. The van der Waals surface area contributed by atoms with Gasteiger partial charge in [-0.2, -0.15) is 0 Å². The molecule has 1 aromatic rings. The Labute approximate surface area is 176 Å². The molecule has 2 fully saturated rings. The van der Waals surface area contributed by atoms with Gasteiger partial charge in [0.05, 0.1) is 5.01 Å². The first-order valence-corrected chi connectivity index (χ1v) is 11.1. The van der Waals surface area contributed by atoms with E-state index in [0.717, 1.165) is 42.4 Å². The normalized spacial score (nSPS) is 21.2. The molecule has 3 rings (SSSR count). The summed E-state index contributed by atoms with van der Waals surface area (Å²) in [5.74, 6) is 0.936. The topological polar surface area (TPSA) is 112 Å². The van der Waals surface area contributed by atoms with Crippen LogP contribution in [0.1, 0.15) is 49.7 Å². The highest BCUT2D eigenvalue weighted by Crippen LogP contribution is 2.35. The molecule has 2 amide bonds. The fourth-order valence-electron chi connectivity index (χ4n) is 3.72. The number of carbonyl (C=O) groups is 3. The maximum Gasteiger partial charge on any atom is 0.290 e. The maximum atomic E-state index is 12.4. The Morgan fingerprint density at radius 1 is 1.28 bits per heavy atom. The molecule has 0 spiro atoms. The molecule has 0 bridgehead atoms. The monoisotopic (exact) mass is 424 g/mol. The van der Waals surface area contributed by atoms with Gasteiger partial charge in [0, 0.05) is 62.6 Å². The van der Waals surface area contributed by atoms with Crippen LogP contribution in [0.2, 0.25) is 0 Å². The predicted octanol–water partition coefficient (Wildman–Crippen LogP) is 1.58. The van der Waals surface area contributed by atoms with Crippen molar-refractivity contribution >= 4 is 29.6 Å². The lowest BCUT2D eigenvalue weighted by Crippen LogP contribution is -2.45. The molecule has 1 saturated carbocycles. The van der Waals surface area contributed by atoms with Gasteiger partial charge in [0.15, 0.2) is 0 Å². The number of nitrogens with zero attached hydrogens (tertiary/aromatic N) is 2. The van der Waals surface area contributed by atoms with Crippen molar-refractivity contribution in [3.63, 3.8) is 0 Å². The van der Waals surface area contributed by atoms with Gasteiger partial charge >= 0.3 is 0 Å². The van der Waals surface area contributed by atoms with Gasteiger partial charge in [-0.05, 0) is 38.5 Å². The first-order chi connectivity index (χ1) is 13.9. The number of amides is 2. The average Bonchev–Trinajstić information content (AvgIpc) is 3.27. The third-order valence-corrected chi connectivity index (χ3v) is 6.30. The van der Waals surface area contributed by atoms with Gasteiger partial charge in [0.2, 0.25) is 11.8 Å². The van der Waals surface area contributed by atoms with Crippen LogP contribution in [0.25, 0.3) is 0 Å². The summed E-state index contributed by atoms with van der Waals surface area (Å²) >= 11 is 1.65. The minimum absolute atomic E-state index is 0.0231. The number of nitrogens with one attached hydrogen (secondary N) is 2. The zero-order chi connectivity index (χ0) is 21.2. The van der Waals surface area contributed by atoms with Crippen LogP contribution in [0, 0.1) is 12.8 Å². The lowest BCUT2D eigenvalue weighted by molar-refractivity contribution is -0.123. The van der Waals surface area contributed by atoms with Crippen LogP contribution in [0.5, 0.6) is 0 Å². The Hall–Kier alpha value is -2.00. The molecule has 8 nitrogen and oxygen atoms in total. The van der Waals surface area contributed by atoms with Crippen LogP contribution >= 0.6 is 11.3 Å². The smallest absolute Gasteiger partial charge is 0.290 e. The Kier molecular flexibility index (Phi) is 9.53. The predicted molar refractivity (Wildman–Crippen MR) is 112 cm³/mol. The van der Waals surface area contributed by atoms with E-state index in [4.69, 9.17) is 9.90 Å². The molecule has 1 aromatic heterocycles. The second-order valence-corrected chi connectivity index (χ2v) is 8.70. The molecule has 162 valence electrons. The molecule has 2 atom stereocenters. The summed E-state index contributed by atoms with van der Waals surface area (Å²) in [5.41, 5.74) is 1.04. The highest BCUT2D eigenvalue weighted by molar-refractivity contribution is 7.09. The van der Waals surface area contributed by atoms with Crippen LogP contribution in [-0.4, -0.2) is 65.0 Å². The van der Waals surface area contributed by atoms with Crippen LogP contribution in [0.15, 0.2) is 5.38 Å². The summed E-state index contributed by atoms with van der Waals surface area (Å²) in [4.78, 5) is 38.9. The van der Waals surface area contributed by atoms with Crippen LogP contribution < -0.4 is 10.6 Å². The van der Waals surface area contributed by atoms with Gasteiger partial charge in [-0.15, -0.1) is 11.3 Å². The molecule has 9 heteroatoms. The van der Waals surface area contributed by atoms with Crippen molar-refractivity contribution in [2.75, 3.05) is 19.6 Å². The summed E-state index contributed by atoms with van der Waals surface area (Å²) < 4.78 is 0. The van der Waals surface area contributed by atoms with Crippen molar-refractivity contribution in [3.8, 4) is 0 Å². The number of rotatable bonds is 9. The van der Waals surface area contributed by atoms with Crippen molar-refractivity contribution in [1.29, 1.82) is 0 Å². The van der Waals surface area contributed by atoms with Crippen molar-refractivity contribution in [2.24, 2.45) is 5.92 Å². The fourth-order valence-corrected chi connectivity index (χ4v) is 4.50. The van der Waals surface area contributed by atoms with Crippen LogP contribution in [0.4, 0.5) is 0 Å². The van der Waals surface area contributed by atoms with Gasteiger partial charge in [-0.1, -0.05) is 0 Å². The van der Waals surface area contributed by atoms with E-state index in [0.29, 0.717) is 31.6 Å². The summed E-state index contributed by atoms with van der Waals surface area (Å²) in [7, 11) is 0. The van der Waals surface area contributed by atoms with E-state index >= 15 is 0 Å². The minimum Gasteiger partial charge on any atom is -0.483 e. The lowest BCUT2D eigenvalue weighted by Gasteiger charge is -2.30. The van der Waals surface area contributed by atoms with E-state index in [2.05, 4.69) is 20.5 Å². The number of aryl methyl sites for hydroxylation is 1. The van der Waals surface area contributed by atoms with E-state index in [-0.39, 0.29) is 18.3 Å². The number of carboxylic acid groups (broad SMARTS) is 1. The summed E-state index contributed by atoms with van der Waals surface area (Å²) in [6.45, 7) is 5.72. The van der Waals surface area contributed by atoms with Crippen LogP contribution in [0.3, 0.4) is 0 Å². The minimum atomic E-state index is -0.250. The summed E-state index contributed by atoms with van der Waals surface area (Å²) in [5, 5.41) is 16.0. The third-order valence-electron chi connectivity index (χ3n) is 5.27. The second kappa shape index (κ2) is 11.9. The maximum absolute atomic E-state index is 12.4. The Bertz CT molecular complexity index is 677. The molecule has 1 aliphatic carbocycles. The standard InChI is InChI=1S/C19H30N4O2S.CH2O2/c1-13-12-26-19(22-13)7-8-20-18(25)9-16-5-6-17(10-21-14(2)24)23(16)11-15-3-4-15;2-1-3/h12,15-17H,3-11H2,1-2H3,(H,20,25)(H,21,24);1H,(H,2,3)/t16-,17+;/m0./s1. The van der Waals surface area contributed by atoms with Gasteiger partial charge in [-0.25, -0.2) is 4.98 Å². The van der Waals surface area contributed by atoms with E-state index in [1.807, 2.05) is 12.3 Å². The highest BCUT2D eigenvalue weighted by atomic mass is 32.1. The van der Waals surface area contributed by atoms with Crippen molar-refractivity contribution < 1.29 is 19.5 Å². The summed E-state index contributed by atoms with van der Waals surface area (Å²) in [6, 6.07) is 0.673. The quantitative estimate of drug-likeness (QED) is 0.519. The Morgan fingerprint density at radius 2 is 1.97 bits per heavy atom. The zero-order valence-electron chi connectivity index (χ0n) is 17.2. The summed E-state index contributed by atoms with van der Waals surface area (Å²) in [6.07, 6.45) is 6.05. The van der Waals surface area contributed by atoms with Crippen molar-refractivity contribution in [1.82, 2.24) is 20.5 Å². The largest absolute Gasteiger partial charge is 0.483 e. The Balaban J connectivity index is 0.000000941. The second-order valence-electron chi connectivity index (χ2n) is 7.75. The number of hydrogen-bond donors (Lipinski definition) is 3. The molecule has 0 radical (unpaired) electrons. The van der Waals surface area contributed by atoms with E-state index < -0.39 is 0 Å². The molecule has 29 heavy (non-hydrogen) atoms. The van der Waals surface area contributed by atoms with Gasteiger partial charge in [-0.3, -0.25) is 19.3 Å². The zero-order valence-corrected chi connectivity index (χ0v) is 18.0. The highest BCUT2D eigenvalue weighted by Gasteiger charge is 2.37. The number of hydrogen-bond acceptors (Lipinski definition) is 6. The first-order valence-electron chi connectivity index (χ1n) is 10.2. The van der Waals surface area contributed by atoms with Crippen molar-refractivity contribution in [3.05, 3.63) is 16.1 Å². The van der Waals surface area contributed by atoms with Gasteiger partial charge < -0.3 is 15.7 Å². The van der Waals surface area contributed by atoms with Gasteiger partial charge in [0.1, 0.15) is 0 Å². The fraction of sp³-hybridized carbons (Fsp3) is 0.700. The van der Waals surface area contributed by atoms with Gasteiger partial charge in [0.25, 0.3) is 6.47 Å². The molecule has 1 aliphatic heterocycles. The average molecular weight is 425 g/mol. The number of carbonyl (C=O) groups excluding carboxylic acids is 2. The van der Waals surface area contributed by atoms with E-state index in [1.165, 1.54) is 12.8 Å².